The van der Waals surface area contributed by atoms with Gasteiger partial charge in [-0.25, -0.2) is 0 Å². The van der Waals surface area contributed by atoms with Crippen LogP contribution in [0.1, 0.15) is 11.3 Å². The molecular formula is C20H17ClN2O. The predicted octanol–water partition coefficient (Wildman–Crippen LogP) is 5.21. The first-order valence-corrected chi connectivity index (χ1v) is 8.22. The Bertz CT molecular complexity index is 1050. The maximum absolute atomic E-state index is 6.39. The van der Waals surface area contributed by atoms with Crippen LogP contribution in [0.25, 0.3) is 21.8 Å². The fourth-order valence-electron chi connectivity index (χ4n) is 3.29. The quantitative estimate of drug-likeness (QED) is 0.513. The molecule has 0 saturated heterocycles. The molecule has 0 saturated carbocycles. The van der Waals surface area contributed by atoms with Crippen LogP contribution in [0.15, 0.2) is 54.7 Å². The van der Waals surface area contributed by atoms with Gasteiger partial charge in [-0.3, -0.25) is 4.98 Å². The number of benzene rings is 2. The topological polar surface area (TPSA) is 27.1 Å². The summed E-state index contributed by atoms with van der Waals surface area (Å²) < 4.78 is 7.70. The van der Waals surface area contributed by atoms with Gasteiger partial charge in [0, 0.05) is 34.6 Å². The van der Waals surface area contributed by atoms with Crippen molar-refractivity contribution < 1.29 is 4.74 Å². The van der Waals surface area contributed by atoms with E-state index in [1.54, 1.807) is 7.11 Å². The van der Waals surface area contributed by atoms with Crippen LogP contribution in [0.3, 0.4) is 0 Å². The Morgan fingerprint density at radius 3 is 2.71 bits per heavy atom. The fourth-order valence-corrected chi connectivity index (χ4v) is 3.48. The standard InChI is InChI=1S/C20H17ClN2O/c1-13-20-17(9-10-22-13)16-8-7-15(24-2)11-19(16)23(20)12-14-5-3-4-6-18(14)21/h3-11H,12H2,1-2H3. The molecule has 0 aliphatic heterocycles. The molecule has 4 aromatic rings. The van der Waals surface area contributed by atoms with E-state index >= 15 is 0 Å². The minimum Gasteiger partial charge on any atom is -0.497 e. The molecule has 0 spiro atoms. The first-order valence-electron chi connectivity index (χ1n) is 7.84. The highest BCUT2D eigenvalue weighted by Gasteiger charge is 2.15. The average Bonchev–Trinajstić information content (AvgIpc) is 2.91. The highest BCUT2D eigenvalue weighted by molar-refractivity contribution is 6.31. The molecule has 3 nitrogen and oxygen atoms in total. The predicted molar refractivity (Wildman–Crippen MR) is 99.1 cm³/mol. The first kappa shape index (κ1) is 15.0. The average molecular weight is 337 g/mol. The van der Waals surface area contributed by atoms with E-state index in [4.69, 9.17) is 16.3 Å². The lowest BCUT2D eigenvalue weighted by atomic mass is 10.1. The molecule has 0 amide bonds. The molecule has 0 N–H and O–H groups in total. The number of methoxy groups -OCH3 is 1. The second-order valence-electron chi connectivity index (χ2n) is 5.85. The summed E-state index contributed by atoms with van der Waals surface area (Å²) in [7, 11) is 1.69. The summed E-state index contributed by atoms with van der Waals surface area (Å²) in [5.41, 5.74) is 4.36. The molecule has 2 heterocycles. The van der Waals surface area contributed by atoms with Gasteiger partial charge in [0.05, 0.1) is 23.8 Å². The van der Waals surface area contributed by atoms with Crippen LogP contribution >= 0.6 is 11.6 Å². The summed E-state index contributed by atoms with van der Waals surface area (Å²) in [5.74, 6) is 0.844. The summed E-state index contributed by atoms with van der Waals surface area (Å²) in [4.78, 5) is 4.48. The van der Waals surface area contributed by atoms with E-state index in [1.807, 2.05) is 37.4 Å². The molecular weight excluding hydrogens is 320 g/mol. The van der Waals surface area contributed by atoms with Gasteiger partial charge in [0.25, 0.3) is 0 Å². The molecule has 2 aromatic heterocycles. The third-order valence-corrected chi connectivity index (χ3v) is 4.82. The van der Waals surface area contributed by atoms with E-state index < -0.39 is 0 Å². The van der Waals surface area contributed by atoms with E-state index in [-0.39, 0.29) is 0 Å². The van der Waals surface area contributed by atoms with Crippen molar-refractivity contribution in [1.29, 1.82) is 0 Å². The van der Waals surface area contributed by atoms with Gasteiger partial charge in [-0.15, -0.1) is 0 Å². The van der Waals surface area contributed by atoms with Crippen LogP contribution in [-0.2, 0) is 6.54 Å². The summed E-state index contributed by atoms with van der Waals surface area (Å²) in [6, 6.07) is 16.2. The van der Waals surface area contributed by atoms with Crippen LogP contribution in [-0.4, -0.2) is 16.7 Å². The van der Waals surface area contributed by atoms with Gasteiger partial charge in [-0.2, -0.15) is 0 Å². The number of halogens is 1. The lowest BCUT2D eigenvalue weighted by molar-refractivity contribution is 0.415. The minimum absolute atomic E-state index is 0.694. The minimum atomic E-state index is 0.694. The summed E-state index contributed by atoms with van der Waals surface area (Å²) in [5, 5.41) is 3.17. The molecule has 120 valence electrons. The highest BCUT2D eigenvalue weighted by atomic mass is 35.5. The summed E-state index contributed by atoms with van der Waals surface area (Å²) in [6.07, 6.45) is 1.86. The van der Waals surface area contributed by atoms with Gasteiger partial charge in [-0.1, -0.05) is 29.8 Å². The van der Waals surface area contributed by atoms with Crippen molar-refractivity contribution >= 4 is 33.4 Å². The third-order valence-electron chi connectivity index (χ3n) is 4.45. The zero-order chi connectivity index (χ0) is 16.7. The van der Waals surface area contributed by atoms with Crippen molar-refractivity contribution in [2.45, 2.75) is 13.5 Å². The molecule has 0 aliphatic carbocycles. The molecule has 24 heavy (non-hydrogen) atoms. The Labute approximate surface area is 145 Å². The van der Waals surface area contributed by atoms with Gasteiger partial charge in [0.2, 0.25) is 0 Å². The van der Waals surface area contributed by atoms with Crippen LogP contribution in [0.4, 0.5) is 0 Å². The van der Waals surface area contributed by atoms with E-state index in [9.17, 15) is 0 Å². The van der Waals surface area contributed by atoms with Crippen LogP contribution < -0.4 is 4.74 Å². The molecule has 0 aliphatic rings. The number of ether oxygens (including phenoxy) is 1. The number of hydrogen-bond donors (Lipinski definition) is 0. The zero-order valence-electron chi connectivity index (χ0n) is 13.6. The van der Waals surface area contributed by atoms with Gasteiger partial charge in [-0.05, 0) is 36.8 Å². The SMILES string of the molecule is COc1ccc2c3ccnc(C)c3n(Cc3ccccc3Cl)c2c1. The molecule has 4 rings (SSSR count). The van der Waals surface area contributed by atoms with Crippen molar-refractivity contribution in [1.82, 2.24) is 9.55 Å². The van der Waals surface area contributed by atoms with E-state index in [0.717, 1.165) is 33.1 Å². The lowest BCUT2D eigenvalue weighted by Gasteiger charge is -2.11. The normalized spacial score (nSPS) is 11.3. The van der Waals surface area contributed by atoms with Crippen molar-refractivity contribution in [2.24, 2.45) is 0 Å². The van der Waals surface area contributed by atoms with Gasteiger partial charge in [0.1, 0.15) is 5.75 Å². The number of aryl methyl sites for hydroxylation is 1. The number of fused-ring (bicyclic) bond motifs is 3. The number of hydrogen-bond acceptors (Lipinski definition) is 2. The largest absolute Gasteiger partial charge is 0.497 e. The van der Waals surface area contributed by atoms with E-state index in [2.05, 4.69) is 33.8 Å². The molecule has 0 unspecified atom stereocenters. The second kappa shape index (κ2) is 5.84. The van der Waals surface area contributed by atoms with E-state index in [0.29, 0.717) is 6.54 Å². The van der Waals surface area contributed by atoms with Crippen LogP contribution in [0.5, 0.6) is 5.75 Å². The molecule has 0 fully saturated rings. The Balaban J connectivity index is 2.05. The Kier molecular flexibility index (Phi) is 3.66. The summed E-state index contributed by atoms with van der Waals surface area (Å²) in [6.45, 7) is 2.74. The molecule has 0 atom stereocenters. The Morgan fingerprint density at radius 1 is 1.08 bits per heavy atom. The zero-order valence-corrected chi connectivity index (χ0v) is 14.3. The number of nitrogens with zero attached hydrogens (tertiary/aromatic N) is 2. The highest BCUT2D eigenvalue weighted by Crippen LogP contribution is 2.33. The number of pyridine rings is 1. The monoisotopic (exact) mass is 336 g/mol. The van der Waals surface area contributed by atoms with Gasteiger partial charge >= 0.3 is 0 Å². The molecule has 0 bridgehead atoms. The van der Waals surface area contributed by atoms with E-state index in [1.165, 1.54) is 10.8 Å². The van der Waals surface area contributed by atoms with Gasteiger partial charge in [0.15, 0.2) is 0 Å². The summed E-state index contributed by atoms with van der Waals surface area (Å²) >= 11 is 6.39. The van der Waals surface area contributed by atoms with Crippen LogP contribution in [0, 0.1) is 6.92 Å². The fraction of sp³-hybridized carbons (Fsp3) is 0.150. The first-order chi connectivity index (χ1) is 11.7. The third kappa shape index (κ3) is 2.33. The van der Waals surface area contributed by atoms with Crippen molar-refractivity contribution in [3.05, 3.63) is 71.0 Å². The van der Waals surface area contributed by atoms with Crippen molar-refractivity contribution in [3.63, 3.8) is 0 Å². The van der Waals surface area contributed by atoms with Crippen molar-refractivity contribution in [2.75, 3.05) is 7.11 Å². The van der Waals surface area contributed by atoms with Crippen LogP contribution in [0.2, 0.25) is 5.02 Å². The molecule has 4 heteroatoms. The Morgan fingerprint density at radius 2 is 1.92 bits per heavy atom. The lowest BCUT2D eigenvalue weighted by Crippen LogP contribution is -2.02. The second-order valence-corrected chi connectivity index (χ2v) is 6.26. The smallest absolute Gasteiger partial charge is 0.120 e. The number of aromatic nitrogens is 2. The number of rotatable bonds is 3. The molecule has 0 radical (unpaired) electrons. The Hall–Kier alpha value is -2.52. The maximum atomic E-state index is 6.39. The molecule has 2 aromatic carbocycles. The van der Waals surface area contributed by atoms with Crippen molar-refractivity contribution in [3.8, 4) is 5.75 Å². The van der Waals surface area contributed by atoms with Gasteiger partial charge < -0.3 is 9.30 Å². The maximum Gasteiger partial charge on any atom is 0.120 e.